The average Bonchev–Trinajstić information content (AvgIpc) is 3.40. The fourth-order valence-electron chi connectivity index (χ4n) is 5.18. The van der Waals surface area contributed by atoms with Gasteiger partial charge < -0.3 is 21.1 Å². The number of carbonyl (C=O) groups excluding carboxylic acids is 1. The number of nitrogens with zero attached hydrogens (tertiary/aromatic N) is 4. The molecule has 216 valence electrons. The van der Waals surface area contributed by atoms with Gasteiger partial charge in [-0.05, 0) is 75.9 Å². The van der Waals surface area contributed by atoms with E-state index < -0.39 is 29.0 Å². The molecule has 0 bridgehead atoms. The second-order valence-electron chi connectivity index (χ2n) is 10.7. The number of carbonyl (C=O) groups is 2. The number of amidine groups is 1. The summed E-state index contributed by atoms with van der Waals surface area (Å²) in [5.41, 5.74) is 6.31. The van der Waals surface area contributed by atoms with Gasteiger partial charge in [0, 0.05) is 36.3 Å². The summed E-state index contributed by atoms with van der Waals surface area (Å²) in [6.45, 7) is 7.81. The Morgan fingerprint density at radius 1 is 1.17 bits per heavy atom. The summed E-state index contributed by atoms with van der Waals surface area (Å²) >= 11 is 0. The molecule has 1 fully saturated rings. The Morgan fingerprint density at radius 3 is 2.49 bits per heavy atom. The second kappa shape index (κ2) is 11.6. The number of halogens is 3. The molecular weight excluding hydrogens is 537 g/mol. The van der Waals surface area contributed by atoms with Crippen LogP contribution in [0.4, 0.5) is 19.0 Å². The number of carboxylic acids is 1. The van der Waals surface area contributed by atoms with E-state index in [-0.39, 0.29) is 29.1 Å². The van der Waals surface area contributed by atoms with Gasteiger partial charge >= 0.3 is 12.1 Å². The summed E-state index contributed by atoms with van der Waals surface area (Å²) in [6.07, 6.45) is 2.24. The van der Waals surface area contributed by atoms with Crippen LogP contribution in [0.25, 0.3) is 5.70 Å². The topological polar surface area (TPSA) is 133 Å². The Labute approximate surface area is 235 Å². The fourth-order valence-corrected chi connectivity index (χ4v) is 5.18. The molecule has 1 aromatic heterocycles. The number of carboxylic acid groups (broad SMARTS) is 1. The summed E-state index contributed by atoms with van der Waals surface area (Å²) in [7, 11) is 0. The number of anilines is 1. The number of nitrogens with two attached hydrogens (primary N) is 1. The van der Waals surface area contributed by atoms with Crippen molar-refractivity contribution in [2.75, 3.05) is 11.9 Å². The van der Waals surface area contributed by atoms with Crippen LogP contribution in [0.15, 0.2) is 70.7 Å². The molecule has 0 saturated heterocycles. The Bertz CT molecular complexity index is 1430. The van der Waals surface area contributed by atoms with Crippen molar-refractivity contribution in [1.82, 2.24) is 9.88 Å². The second-order valence-corrected chi connectivity index (χ2v) is 10.7. The van der Waals surface area contributed by atoms with Crippen molar-refractivity contribution in [2.24, 2.45) is 33.0 Å². The Hall–Kier alpha value is -4.48. The normalized spacial score (nSPS) is 20.4. The molecule has 4 N–H and O–H groups in total. The standard InChI is InChI=1S/C29H31F3N6O3/c1-28(2,27(40)41)20-9-4-17(14-20)16-38-13-12-36-25(33)24(38)23(34-3)18-5-7-19(8-6-18)26(39)37-22-15-21(10-11-35-22)29(30,31)32/h5-8,10-13,15,17,20H,3-4,9,14,16H2,1-2H3,(H2,33,36)(H,40,41)(H,35,37,39)/b24-23-. The van der Waals surface area contributed by atoms with Crippen LogP contribution in [0.2, 0.25) is 0 Å². The lowest BCUT2D eigenvalue weighted by atomic mass is 9.77. The number of rotatable bonds is 8. The summed E-state index contributed by atoms with van der Waals surface area (Å²) < 4.78 is 39.0. The van der Waals surface area contributed by atoms with Gasteiger partial charge in [-0.3, -0.25) is 14.6 Å². The van der Waals surface area contributed by atoms with Crippen molar-refractivity contribution in [2.45, 2.75) is 39.3 Å². The van der Waals surface area contributed by atoms with Gasteiger partial charge in [0.05, 0.1) is 16.7 Å². The minimum absolute atomic E-state index is 0.0547. The van der Waals surface area contributed by atoms with Crippen LogP contribution >= 0.6 is 0 Å². The summed E-state index contributed by atoms with van der Waals surface area (Å²) in [4.78, 5) is 38.6. The van der Waals surface area contributed by atoms with Crippen LogP contribution in [0.1, 0.15) is 54.6 Å². The van der Waals surface area contributed by atoms with Gasteiger partial charge in [0.2, 0.25) is 0 Å². The number of aliphatic carboxylic acids is 1. The first-order chi connectivity index (χ1) is 19.3. The first-order valence-electron chi connectivity index (χ1n) is 13.0. The van der Waals surface area contributed by atoms with Gasteiger partial charge in [-0.2, -0.15) is 13.2 Å². The first kappa shape index (κ1) is 29.5. The lowest BCUT2D eigenvalue weighted by molar-refractivity contribution is -0.150. The third kappa shape index (κ3) is 6.47. The molecule has 9 nitrogen and oxygen atoms in total. The molecule has 1 aliphatic carbocycles. The average molecular weight is 569 g/mol. The number of hydrogen-bond acceptors (Lipinski definition) is 7. The zero-order valence-electron chi connectivity index (χ0n) is 22.7. The third-order valence-electron chi connectivity index (χ3n) is 7.69. The molecule has 0 spiro atoms. The van der Waals surface area contributed by atoms with Gasteiger partial charge in [0.25, 0.3) is 5.91 Å². The maximum atomic E-state index is 13.0. The van der Waals surface area contributed by atoms with Crippen molar-refractivity contribution in [3.05, 3.63) is 77.4 Å². The monoisotopic (exact) mass is 568 g/mol. The van der Waals surface area contributed by atoms with Crippen LogP contribution < -0.4 is 11.1 Å². The predicted octanol–water partition coefficient (Wildman–Crippen LogP) is 5.39. The predicted molar refractivity (Wildman–Crippen MR) is 150 cm³/mol. The van der Waals surface area contributed by atoms with Gasteiger partial charge in [-0.15, -0.1) is 0 Å². The molecule has 2 heterocycles. The van der Waals surface area contributed by atoms with Gasteiger partial charge in [-0.25, -0.2) is 9.98 Å². The molecule has 4 rings (SSSR count). The van der Waals surface area contributed by atoms with E-state index in [4.69, 9.17) is 5.73 Å². The summed E-state index contributed by atoms with van der Waals surface area (Å²) in [6, 6.07) is 7.87. The number of pyridine rings is 1. The maximum absolute atomic E-state index is 13.0. The Morgan fingerprint density at radius 2 is 1.85 bits per heavy atom. The Balaban J connectivity index is 1.53. The molecule has 2 atom stereocenters. The smallest absolute Gasteiger partial charge is 0.416 e. The molecule has 2 aliphatic rings. The van der Waals surface area contributed by atoms with Crippen molar-refractivity contribution in [3.8, 4) is 0 Å². The van der Waals surface area contributed by atoms with E-state index in [1.54, 1.807) is 38.4 Å². The van der Waals surface area contributed by atoms with E-state index in [0.717, 1.165) is 37.6 Å². The molecular formula is C29H31F3N6O3. The highest BCUT2D eigenvalue weighted by atomic mass is 19.4. The van der Waals surface area contributed by atoms with Crippen molar-refractivity contribution < 1.29 is 27.9 Å². The minimum Gasteiger partial charge on any atom is -0.481 e. The highest BCUT2D eigenvalue weighted by Gasteiger charge is 2.41. The van der Waals surface area contributed by atoms with Crippen LogP contribution in [-0.4, -0.2) is 46.0 Å². The highest BCUT2D eigenvalue weighted by Crippen LogP contribution is 2.43. The number of aromatic nitrogens is 1. The van der Waals surface area contributed by atoms with E-state index in [1.807, 2.05) is 4.90 Å². The number of nitrogens with one attached hydrogen (secondary N) is 1. The zero-order chi connectivity index (χ0) is 29.9. The molecule has 1 amide bonds. The van der Waals surface area contributed by atoms with Crippen molar-refractivity contribution in [3.63, 3.8) is 0 Å². The van der Waals surface area contributed by atoms with Gasteiger partial charge in [-0.1, -0.05) is 12.1 Å². The van der Waals surface area contributed by atoms with Crippen LogP contribution in [0.5, 0.6) is 0 Å². The molecule has 0 radical (unpaired) electrons. The first-order valence-corrected chi connectivity index (χ1v) is 13.0. The number of hydrogen-bond donors (Lipinski definition) is 3. The van der Waals surface area contributed by atoms with Crippen LogP contribution in [0, 0.1) is 17.3 Å². The van der Waals surface area contributed by atoms with Crippen LogP contribution in [-0.2, 0) is 11.0 Å². The number of amides is 1. The number of aliphatic imine (C=N–C) groups is 2. The fraction of sp³-hybridized carbons (Fsp3) is 0.345. The lowest BCUT2D eigenvalue weighted by Crippen LogP contribution is -2.35. The third-order valence-corrected chi connectivity index (χ3v) is 7.69. The van der Waals surface area contributed by atoms with E-state index in [2.05, 4.69) is 27.0 Å². The molecule has 1 aromatic carbocycles. The lowest BCUT2D eigenvalue weighted by Gasteiger charge is -2.30. The SMILES string of the molecule is C=N/C(=C1/C(N)=NC=CN1CC1CCC(C(C)(C)C(=O)O)C1)c1ccc(C(=O)Nc2cc(C(F)(F)F)ccn2)cc1. The van der Waals surface area contributed by atoms with Gasteiger partial charge in [0.1, 0.15) is 17.4 Å². The molecule has 2 unspecified atom stereocenters. The van der Waals surface area contributed by atoms with Gasteiger partial charge in [0.15, 0.2) is 0 Å². The van der Waals surface area contributed by atoms with E-state index >= 15 is 0 Å². The molecule has 12 heteroatoms. The maximum Gasteiger partial charge on any atom is 0.416 e. The van der Waals surface area contributed by atoms with Crippen molar-refractivity contribution >= 4 is 35.9 Å². The zero-order valence-corrected chi connectivity index (χ0v) is 22.7. The molecule has 41 heavy (non-hydrogen) atoms. The highest BCUT2D eigenvalue weighted by molar-refractivity contribution is 6.06. The molecule has 1 saturated carbocycles. The van der Waals surface area contributed by atoms with E-state index in [9.17, 15) is 27.9 Å². The van der Waals surface area contributed by atoms with E-state index in [1.165, 1.54) is 12.1 Å². The summed E-state index contributed by atoms with van der Waals surface area (Å²) in [5, 5.41) is 12.0. The number of benzene rings is 1. The molecule has 2 aromatic rings. The quantitative estimate of drug-likeness (QED) is 0.366. The largest absolute Gasteiger partial charge is 0.481 e. The Kier molecular flexibility index (Phi) is 8.32. The van der Waals surface area contributed by atoms with Crippen molar-refractivity contribution in [1.29, 1.82) is 0 Å². The number of alkyl halides is 3. The summed E-state index contributed by atoms with van der Waals surface area (Å²) in [5.74, 6) is -1.15. The van der Waals surface area contributed by atoms with E-state index in [0.29, 0.717) is 23.5 Å². The molecule has 1 aliphatic heterocycles. The van der Waals surface area contributed by atoms with Crippen LogP contribution in [0.3, 0.4) is 0 Å². The minimum atomic E-state index is -4.56.